The Balaban J connectivity index is 1.80. The highest BCUT2D eigenvalue weighted by Crippen LogP contribution is 2.46. The van der Waals surface area contributed by atoms with E-state index in [1.807, 2.05) is 11.8 Å². The predicted molar refractivity (Wildman–Crippen MR) is 103 cm³/mol. The number of fused-ring (bicyclic) bond motifs is 2. The van der Waals surface area contributed by atoms with E-state index >= 15 is 0 Å². The van der Waals surface area contributed by atoms with Crippen molar-refractivity contribution < 1.29 is 4.57 Å². The van der Waals surface area contributed by atoms with Gasteiger partial charge >= 0.3 is 0 Å². The van der Waals surface area contributed by atoms with Gasteiger partial charge in [-0.25, -0.2) is 0 Å². The zero-order valence-corrected chi connectivity index (χ0v) is 15.1. The van der Waals surface area contributed by atoms with E-state index < -0.39 is 0 Å². The van der Waals surface area contributed by atoms with Crippen molar-refractivity contribution in [2.24, 2.45) is 7.05 Å². The number of anilines is 1. The summed E-state index contributed by atoms with van der Waals surface area (Å²) in [6, 6.07) is 19.6. The van der Waals surface area contributed by atoms with E-state index in [2.05, 4.69) is 91.0 Å². The zero-order chi connectivity index (χ0) is 16.7. The summed E-state index contributed by atoms with van der Waals surface area (Å²) in [6.45, 7) is 5.35. The van der Waals surface area contributed by atoms with Crippen LogP contribution in [0.2, 0.25) is 0 Å². The molecule has 2 nitrogen and oxygen atoms in total. The third-order valence-electron chi connectivity index (χ3n) is 4.59. The normalized spacial score (nSPS) is 15.3. The molecule has 1 aliphatic heterocycles. The minimum absolute atomic E-state index is 0.979. The van der Waals surface area contributed by atoms with Crippen LogP contribution >= 0.6 is 11.8 Å². The van der Waals surface area contributed by atoms with E-state index in [1.54, 1.807) is 0 Å². The van der Waals surface area contributed by atoms with Crippen LogP contribution in [0.15, 0.2) is 64.5 Å². The lowest BCUT2D eigenvalue weighted by Crippen LogP contribution is -2.33. The number of rotatable bonds is 2. The van der Waals surface area contributed by atoms with E-state index in [0.29, 0.717) is 0 Å². The van der Waals surface area contributed by atoms with Gasteiger partial charge in [0.25, 0.3) is 0 Å². The number of aromatic nitrogens is 1. The van der Waals surface area contributed by atoms with Crippen molar-refractivity contribution in [1.82, 2.24) is 0 Å². The van der Waals surface area contributed by atoms with Crippen LogP contribution in [0.3, 0.4) is 0 Å². The summed E-state index contributed by atoms with van der Waals surface area (Å²) < 4.78 is 2.27. The maximum Gasteiger partial charge on any atom is 0.212 e. The van der Waals surface area contributed by atoms with Gasteiger partial charge in [0, 0.05) is 35.0 Å². The molecule has 0 atom stereocenters. The van der Waals surface area contributed by atoms with Gasteiger partial charge in [-0.1, -0.05) is 30.0 Å². The molecule has 0 spiro atoms. The predicted octanol–water partition coefficient (Wildman–Crippen LogP) is 4.90. The second-order valence-corrected chi connectivity index (χ2v) is 7.24. The molecule has 4 rings (SSSR count). The average Bonchev–Trinajstić information content (AvgIpc) is 2.94. The van der Waals surface area contributed by atoms with Gasteiger partial charge < -0.3 is 4.90 Å². The first-order valence-electron chi connectivity index (χ1n) is 8.33. The molecule has 0 fully saturated rings. The summed E-state index contributed by atoms with van der Waals surface area (Å²) in [5.74, 6) is 0. The molecule has 0 N–H and O–H groups in total. The SMILES string of the molecule is CCN1C(=Cc2ccc3ccccc3[n+]2C)Sc2ccc(C)cc21. The molecule has 2 heterocycles. The van der Waals surface area contributed by atoms with Crippen molar-refractivity contribution in [3.8, 4) is 0 Å². The van der Waals surface area contributed by atoms with Crippen LogP contribution in [-0.4, -0.2) is 6.54 Å². The molecular formula is C21H21N2S+. The fourth-order valence-corrected chi connectivity index (χ4v) is 4.43. The van der Waals surface area contributed by atoms with Crippen LogP contribution in [0.4, 0.5) is 5.69 Å². The Morgan fingerprint density at radius 2 is 1.92 bits per heavy atom. The van der Waals surface area contributed by atoms with E-state index in [1.165, 1.54) is 37.8 Å². The van der Waals surface area contributed by atoms with Gasteiger partial charge in [-0.3, -0.25) is 0 Å². The second-order valence-electron chi connectivity index (χ2n) is 6.18. The first kappa shape index (κ1) is 15.3. The van der Waals surface area contributed by atoms with Gasteiger partial charge in [0.2, 0.25) is 11.2 Å². The number of para-hydroxylation sites is 1. The van der Waals surface area contributed by atoms with Crippen molar-refractivity contribution in [2.75, 3.05) is 11.4 Å². The largest absolute Gasteiger partial charge is 0.335 e. The third kappa shape index (κ3) is 2.49. The monoisotopic (exact) mass is 333 g/mol. The molecule has 3 heteroatoms. The zero-order valence-electron chi connectivity index (χ0n) is 14.3. The van der Waals surface area contributed by atoms with Gasteiger partial charge in [-0.15, -0.1) is 0 Å². The van der Waals surface area contributed by atoms with Crippen LogP contribution < -0.4 is 9.47 Å². The smallest absolute Gasteiger partial charge is 0.212 e. The topological polar surface area (TPSA) is 7.12 Å². The summed E-state index contributed by atoms with van der Waals surface area (Å²) in [5.41, 5.74) is 5.12. The number of pyridine rings is 1. The van der Waals surface area contributed by atoms with Gasteiger partial charge in [0.1, 0.15) is 7.05 Å². The second kappa shape index (κ2) is 5.99. The Kier molecular flexibility index (Phi) is 3.81. The molecule has 0 aliphatic carbocycles. The Hall–Kier alpha value is -2.26. The van der Waals surface area contributed by atoms with Gasteiger partial charge in [-0.05, 0) is 43.7 Å². The quantitative estimate of drug-likeness (QED) is 0.616. The van der Waals surface area contributed by atoms with Crippen molar-refractivity contribution in [3.63, 3.8) is 0 Å². The third-order valence-corrected chi connectivity index (χ3v) is 5.70. The van der Waals surface area contributed by atoms with Crippen molar-refractivity contribution in [3.05, 3.63) is 70.9 Å². The summed E-state index contributed by atoms with van der Waals surface area (Å²) in [7, 11) is 2.14. The molecule has 0 unspecified atom stereocenters. The molecule has 3 aromatic rings. The molecule has 0 amide bonds. The summed E-state index contributed by atoms with van der Waals surface area (Å²) in [4.78, 5) is 3.75. The molecule has 24 heavy (non-hydrogen) atoms. The lowest BCUT2D eigenvalue weighted by atomic mass is 10.2. The van der Waals surface area contributed by atoms with Gasteiger partial charge in [0.15, 0.2) is 0 Å². The number of aryl methyl sites for hydroxylation is 2. The van der Waals surface area contributed by atoms with Crippen molar-refractivity contribution >= 4 is 34.4 Å². The Morgan fingerprint density at radius 1 is 1.08 bits per heavy atom. The molecule has 120 valence electrons. The highest BCUT2D eigenvalue weighted by molar-refractivity contribution is 8.03. The summed E-state index contributed by atoms with van der Waals surface area (Å²) in [6.07, 6.45) is 2.30. The Bertz CT molecular complexity index is 959. The number of benzene rings is 2. The standard InChI is InChI=1S/C21H21N2S/c1-4-23-19-13-15(2)9-12-20(19)24-21(23)14-17-11-10-16-7-5-6-8-18(16)22(17)3/h5-14H,4H2,1-3H3/q+1. The number of nitrogens with zero attached hydrogens (tertiary/aromatic N) is 2. The van der Waals surface area contributed by atoms with E-state index in [9.17, 15) is 0 Å². The fraction of sp³-hybridized carbons (Fsp3) is 0.190. The Labute approximate surface area is 147 Å². The lowest BCUT2D eigenvalue weighted by molar-refractivity contribution is -0.646. The van der Waals surface area contributed by atoms with Crippen LogP contribution in [0, 0.1) is 6.92 Å². The van der Waals surface area contributed by atoms with E-state index in [-0.39, 0.29) is 0 Å². The molecule has 0 bridgehead atoms. The molecular weight excluding hydrogens is 312 g/mol. The van der Waals surface area contributed by atoms with E-state index in [0.717, 1.165) is 6.54 Å². The number of hydrogen-bond acceptors (Lipinski definition) is 2. The highest BCUT2D eigenvalue weighted by atomic mass is 32.2. The molecule has 0 saturated heterocycles. The molecule has 0 radical (unpaired) electrons. The maximum absolute atomic E-state index is 2.40. The van der Waals surface area contributed by atoms with Crippen LogP contribution in [-0.2, 0) is 7.05 Å². The van der Waals surface area contributed by atoms with Crippen LogP contribution in [0.1, 0.15) is 18.2 Å². The van der Waals surface area contributed by atoms with Gasteiger partial charge in [0.05, 0.1) is 10.7 Å². The minimum atomic E-state index is 0.979. The summed E-state index contributed by atoms with van der Waals surface area (Å²) in [5, 5.41) is 2.57. The molecule has 1 aromatic heterocycles. The molecule has 2 aromatic carbocycles. The minimum Gasteiger partial charge on any atom is -0.335 e. The summed E-state index contributed by atoms with van der Waals surface area (Å²) >= 11 is 1.86. The average molecular weight is 333 g/mol. The van der Waals surface area contributed by atoms with Crippen LogP contribution in [0.25, 0.3) is 17.0 Å². The molecule has 0 saturated carbocycles. The lowest BCUT2D eigenvalue weighted by Gasteiger charge is -2.18. The first-order valence-corrected chi connectivity index (χ1v) is 9.14. The van der Waals surface area contributed by atoms with E-state index in [4.69, 9.17) is 0 Å². The first-order chi connectivity index (χ1) is 11.7. The fourth-order valence-electron chi connectivity index (χ4n) is 3.28. The maximum atomic E-state index is 2.40. The van der Waals surface area contributed by atoms with Crippen molar-refractivity contribution in [2.45, 2.75) is 18.7 Å². The Morgan fingerprint density at radius 3 is 2.75 bits per heavy atom. The molecule has 1 aliphatic rings. The highest BCUT2D eigenvalue weighted by Gasteiger charge is 2.25. The number of hydrogen-bond donors (Lipinski definition) is 0. The van der Waals surface area contributed by atoms with Crippen molar-refractivity contribution in [1.29, 1.82) is 0 Å². The number of thioether (sulfide) groups is 1. The van der Waals surface area contributed by atoms with Gasteiger partial charge in [-0.2, -0.15) is 4.57 Å². The van der Waals surface area contributed by atoms with Crippen LogP contribution in [0.5, 0.6) is 0 Å².